The average molecular weight is 206 g/mol. The highest BCUT2D eigenvalue weighted by Gasteiger charge is 2.21. The van der Waals surface area contributed by atoms with Crippen molar-refractivity contribution in [2.45, 2.75) is 6.35 Å². The molecular weight excluding hydrogens is 196 g/mol. The number of ether oxygens (including phenoxy) is 1. The minimum atomic E-state index is -0.243. The Morgan fingerprint density at radius 3 is 3.27 bits per heavy atom. The van der Waals surface area contributed by atoms with E-state index in [1.165, 1.54) is 0 Å². The quantitative estimate of drug-likeness (QED) is 0.707. The fraction of sp³-hybridized carbons (Fsp3) is 0.375. The Kier molecular flexibility index (Phi) is 1.97. The summed E-state index contributed by atoms with van der Waals surface area (Å²) in [7, 11) is 0. The lowest BCUT2D eigenvalue weighted by Gasteiger charge is -2.11. The predicted octanol–water partition coefficient (Wildman–Crippen LogP) is -0.256. The van der Waals surface area contributed by atoms with Crippen molar-refractivity contribution in [1.82, 2.24) is 30.3 Å². The van der Waals surface area contributed by atoms with E-state index in [0.29, 0.717) is 6.61 Å². The van der Waals surface area contributed by atoms with Crippen molar-refractivity contribution in [1.29, 1.82) is 0 Å². The first kappa shape index (κ1) is 8.57. The highest BCUT2D eigenvalue weighted by Crippen LogP contribution is 2.18. The summed E-state index contributed by atoms with van der Waals surface area (Å²) in [6.07, 6.45) is 4.86. The second kappa shape index (κ2) is 3.44. The van der Waals surface area contributed by atoms with Gasteiger partial charge in [-0.05, 0) is 0 Å². The molecule has 78 valence electrons. The lowest BCUT2D eigenvalue weighted by molar-refractivity contribution is 0.0342. The van der Waals surface area contributed by atoms with Gasteiger partial charge in [0.1, 0.15) is 5.69 Å². The van der Waals surface area contributed by atoms with Crippen LogP contribution in [0.3, 0.4) is 0 Å². The van der Waals surface area contributed by atoms with Crippen LogP contribution in [0.5, 0.6) is 0 Å². The van der Waals surface area contributed by atoms with Gasteiger partial charge in [0.15, 0.2) is 5.82 Å². The normalized spacial score (nSPS) is 20.9. The van der Waals surface area contributed by atoms with Crippen molar-refractivity contribution >= 4 is 0 Å². The standard InChI is InChI=1S/C8H10N6O/c1-2-10-7(9-1)6-5-12-13-14(6)8-11-3-4-15-8/h1-2,5,8,11H,3-4H2,(H,9,10). The predicted molar refractivity (Wildman–Crippen MR) is 50.6 cm³/mol. The average Bonchev–Trinajstić information content (AvgIpc) is 3.01. The second-order valence-electron chi connectivity index (χ2n) is 3.18. The van der Waals surface area contributed by atoms with Crippen molar-refractivity contribution in [2.24, 2.45) is 0 Å². The highest BCUT2D eigenvalue weighted by atomic mass is 16.5. The first-order valence-electron chi connectivity index (χ1n) is 4.70. The maximum Gasteiger partial charge on any atom is 0.208 e. The van der Waals surface area contributed by atoms with Crippen LogP contribution in [0.15, 0.2) is 18.6 Å². The summed E-state index contributed by atoms with van der Waals surface area (Å²) in [4.78, 5) is 7.16. The molecule has 0 saturated carbocycles. The third-order valence-electron chi connectivity index (χ3n) is 2.23. The van der Waals surface area contributed by atoms with Crippen LogP contribution in [-0.2, 0) is 4.74 Å². The van der Waals surface area contributed by atoms with Crippen LogP contribution < -0.4 is 5.32 Å². The molecule has 1 saturated heterocycles. The fourth-order valence-electron chi connectivity index (χ4n) is 1.56. The number of imidazole rings is 1. The highest BCUT2D eigenvalue weighted by molar-refractivity contribution is 5.47. The number of hydrogen-bond acceptors (Lipinski definition) is 5. The Bertz CT molecular complexity index is 430. The molecule has 0 amide bonds. The Balaban J connectivity index is 1.98. The molecule has 3 rings (SSSR count). The Morgan fingerprint density at radius 2 is 2.53 bits per heavy atom. The Labute approximate surface area is 85.5 Å². The van der Waals surface area contributed by atoms with Crippen LogP contribution in [-0.4, -0.2) is 38.1 Å². The van der Waals surface area contributed by atoms with Gasteiger partial charge in [0.25, 0.3) is 0 Å². The number of rotatable bonds is 2. The molecule has 0 aromatic carbocycles. The molecule has 2 aromatic heterocycles. The zero-order valence-corrected chi connectivity index (χ0v) is 7.92. The van der Waals surface area contributed by atoms with E-state index >= 15 is 0 Å². The van der Waals surface area contributed by atoms with Gasteiger partial charge < -0.3 is 9.72 Å². The van der Waals surface area contributed by atoms with Crippen molar-refractivity contribution in [3.05, 3.63) is 18.6 Å². The molecule has 2 aromatic rings. The molecule has 15 heavy (non-hydrogen) atoms. The molecule has 7 heteroatoms. The second-order valence-corrected chi connectivity index (χ2v) is 3.18. The number of aromatic nitrogens is 5. The van der Waals surface area contributed by atoms with Crippen LogP contribution in [0, 0.1) is 0 Å². The monoisotopic (exact) mass is 206 g/mol. The number of H-pyrrole nitrogens is 1. The van der Waals surface area contributed by atoms with Crippen LogP contribution in [0.1, 0.15) is 6.35 Å². The summed E-state index contributed by atoms with van der Waals surface area (Å²) in [6, 6.07) is 0. The molecule has 1 aliphatic rings. The number of aromatic amines is 1. The largest absolute Gasteiger partial charge is 0.343 e. The van der Waals surface area contributed by atoms with E-state index < -0.39 is 0 Å². The molecule has 3 heterocycles. The fourth-order valence-corrected chi connectivity index (χ4v) is 1.56. The van der Waals surface area contributed by atoms with Gasteiger partial charge in [-0.2, -0.15) is 4.68 Å². The molecular formula is C8H10N6O. The molecule has 0 bridgehead atoms. The first-order chi connectivity index (χ1) is 7.45. The van der Waals surface area contributed by atoms with Crippen molar-refractivity contribution < 1.29 is 4.74 Å². The van der Waals surface area contributed by atoms with E-state index in [2.05, 4.69) is 25.6 Å². The van der Waals surface area contributed by atoms with Gasteiger partial charge in [0.05, 0.1) is 12.8 Å². The maximum atomic E-state index is 5.44. The maximum absolute atomic E-state index is 5.44. The van der Waals surface area contributed by atoms with Gasteiger partial charge in [0, 0.05) is 18.9 Å². The molecule has 0 radical (unpaired) electrons. The topological polar surface area (TPSA) is 80.7 Å². The lowest BCUT2D eigenvalue weighted by Crippen LogP contribution is -2.23. The molecule has 1 unspecified atom stereocenters. The van der Waals surface area contributed by atoms with Gasteiger partial charge in [-0.15, -0.1) is 5.10 Å². The number of nitrogens with one attached hydrogen (secondary N) is 2. The molecule has 1 aliphatic heterocycles. The van der Waals surface area contributed by atoms with Crippen LogP contribution in [0.2, 0.25) is 0 Å². The van der Waals surface area contributed by atoms with Crippen molar-refractivity contribution in [2.75, 3.05) is 13.2 Å². The molecule has 1 atom stereocenters. The first-order valence-corrected chi connectivity index (χ1v) is 4.70. The third kappa shape index (κ3) is 1.41. The van der Waals surface area contributed by atoms with E-state index in [0.717, 1.165) is 18.1 Å². The van der Waals surface area contributed by atoms with E-state index in [1.54, 1.807) is 23.3 Å². The Hall–Kier alpha value is -1.73. The van der Waals surface area contributed by atoms with Crippen LogP contribution in [0.25, 0.3) is 11.5 Å². The zero-order valence-electron chi connectivity index (χ0n) is 7.92. The summed E-state index contributed by atoms with van der Waals surface area (Å²) in [6.45, 7) is 1.50. The van der Waals surface area contributed by atoms with Gasteiger partial charge in [-0.25, -0.2) is 4.98 Å². The molecule has 0 spiro atoms. The molecule has 1 fully saturated rings. The Morgan fingerprint density at radius 1 is 1.53 bits per heavy atom. The number of hydrogen-bond donors (Lipinski definition) is 2. The summed E-state index contributed by atoms with van der Waals surface area (Å²) in [5, 5.41) is 11.0. The molecule has 7 nitrogen and oxygen atoms in total. The molecule has 2 N–H and O–H groups in total. The van der Waals surface area contributed by atoms with E-state index in [4.69, 9.17) is 4.74 Å². The summed E-state index contributed by atoms with van der Waals surface area (Å²) in [5.41, 5.74) is 0.805. The van der Waals surface area contributed by atoms with Crippen LogP contribution >= 0.6 is 0 Å². The van der Waals surface area contributed by atoms with Crippen molar-refractivity contribution in [3.63, 3.8) is 0 Å². The van der Waals surface area contributed by atoms with Gasteiger partial charge in [-0.3, -0.25) is 5.32 Å². The summed E-state index contributed by atoms with van der Waals surface area (Å²) >= 11 is 0. The van der Waals surface area contributed by atoms with E-state index in [-0.39, 0.29) is 6.35 Å². The summed E-state index contributed by atoms with van der Waals surface area (Å²) in [5.74, 6) is 0.734. The van der Waals surface area contributed by atoms with Crippen LogP contribution in [0.4, 0.5) is 0 Å². The van der Waals surface area contributed by atoms with Crippen molar-refractivity contribution in [3.8, 4) is 11.5 Å². The lowest BCUT2D eigenvalue weighted by atomic mass is 10.4. The molecule has 0 aliphatic carbocycles. The van der Waals surface area contributed by atoms with E-state index in [1.807, 2.05) is 0 Å². The summed E-state index contributed by atoms with van der Waals surface area (Å²) < 4.78 is 7.12. The number of nitrogens with zero attached hydrogens (tertiary/aromatic N) is 4. The van der Waals surface area contributed by atoms with Gasteiger partial charge in [0.2, 0.25) is 6.35 Å². The minimum Gasteiger partial charge on any atom is -0.343 e. The zero-order chi connectivity index (χ0) is 10.1. The SMILES string of the molecule is c1c[nH]c(-c2cnnn2C2NCCO2)n1. The van der Waals surface area contributed by atoms with Gasteiger partial charge >= 0.3 is 0 Å². The smallest absolute Gasteiger partial charge is 0.208 e. The van der Waals surface area contributed by atoms with Gasteiger partial charge in [-0.1, -0.05) is 5.21 Å². The third-order valence-corrected chi connectivity index (χ3v) is 2.23. The van der Waals surface area contributed by atoms with E-state index in [9.17, 15) is 0 Å². The minimum absolute atomic E-state index is 0.243.